The second kappa shape index (κ2) is 9.29. The molecule has 0 atom stereocenters. The van der Waals surface area contributed by atoms with Crippen LogP contribution in [0.3, 0.4) is 0 Å². The van der Waals surface area contributed by atoms with E-state index in [1.54, 1.807) is 0 Å². The van der Waals surface area contributed by atoms with Crippen LogP contribution in [0.5, 0.6) is 0 Å². The van der Waals surface area contributed by atoms with E-state index in [-0.39, 0.29) is 6.61 Å². The minimum atomic E-state index is 0.216. The van der Waals surface area contributed by atoms with Gasteiger partial charge in [-0.15, -0.1) is 0 Å². The Hall–Kier alpha value is -0.770. The number of rotatable bonds is 9. The molecule has 0 aliphatic rings. The maximum absolute atomic E-state index is 9.02. The Kier molecular flexibility index (Phi) is 8.09. The second-order valence-electron chi connectivity index (χ2n) is 6.16. The number of aliphatic hydroxyl groups excluding tert-OH is 1. The van der Waals surface area contributed by atoms with Gasteiger partial charge >= 0.3 is 0 Å². The van der Waals surface area contributed by atoms with Crippen LogP contribution in [-0.4, -0.2) is 30.8 Å². The highest BCUT2D eigenvalue weighted by Gasteiger charge is 2.12. The van der Waals surface area contributed by atoms with E-state index in [9.17, 15) is 0 Å². The van der Waals surface area contributed by atoms with Crippen molar-refractivity contribution in [1.29, 1.82) is 0 Å². The summed E-state index contributed by atoms with van der Waals surface area (Å²) in [6.07, 6.45) is 0.771. The maximum atomic E-state index is 9.02. The number of halogens is 1. The second-order valence-corrected chi connectivity index (χ2v) is 6.57. The average molecular weight is 313 g/mol. The first kappa shape index (κ1) is 18.3. The summed E-state index contributed by atoms with van der Waals surface area (Å²) in [4.78, 5) is 2.27. The number of nitrogens with one attached hydrogen (secondary N) is 1. The van der Waals surface area contributed by atoms with Gasteiger partial charge in [0, 0.05) is 36.4 Å². The molecule has 21 heavy (non-hydrogen) atoms. The summed E-state index contributed by atoms with van der Waals surface area (Å²) in [6, 6.07) is 6.64. The van der Waals surface area contributed by atoms with Crippen molar-refractivity contribution in [2.45, 2.75) is 46.7 Å². The summed E-state index contributed by atoms with van der Waals surface area (Å²) >= 11 is 6.41. The van der Waals surface area contributed by atoms with Gasteiger partial charge < -0.3 is 15.3 Å². The lowest BCUT2D eigenvalue weighted by Crippen LogP contribution is -2.32. The molecule has 0 heterocycles. The third kappa shape index (κ3) is 6.25. The Balaban J connectivity index is 2.74. The molecule has 0 radical (unpaired) electrons. The third-order valence-electron chi connectivity index (χ3n) is 3.42. The van der Waals surface area contributed by atoms with Crippen molar-refractivity contribution < 1.29 is 5.11 Å². The van der Waals surface area contributed by atoms with Crippen LogP contribution in [0.25, 0.3) is 0 Å². The molecule has 2 N–H and O–H groups in total. The smallest absolute Gasteiger partial charge is 0.0471 e. The molecular weight excluding hydrogens is 284 g/mol. The monoisotopic (exact) mass is 312 g/mol. The van der Waals surface area contributed by atoms with Crippen molar-refractivity contribution in [2.24, 2.45) is 5.92 Å². The molecule has 1 aromatic carbocycles. The Morgan fingerprint density at radius 3 is 2.48 bits per heavy atom. The first-order chi connectivity index (χ1) is 9.95. The molecule has 0 aliphatic carbocycles. The zero-order valence-corrected chi connectivity index (χ0v) is 14.5. The van der Waals surface area contributed by atoms with Crippen molar-refractivity contribution >= 4 is 17.3 Å². The highest BCUT2D eigenvalue weighted by molar-refractivity contribution is 6.31. The lowest BCUT2D eigenvalue weighted by atomic mass is 10.1. The van der Waals surface area contributed by atoms with E-state index in [4.69, 9.17) is 16.7 Å². The normalized spacial score (nSPS) is 11.4. The zero-order chi connectivity index (χ0) is 15.8. The Morgan fingerprint density at radius 1 is 1.24 bits per heavy atom. The number of hydrogen-bond donors (Lipinski definition) is 2. The molecular formula is C17H29ClN2O. The molecule has 0 saturated carbocycles. The first-order valence-electron chi connectivity index (χ1n) is 7.82. The van der Waals surface area contributed by atoms with Crippen LogP contribution in [0.15, 0.2) is 18.2 Å². The summed E-state index contributed by atoms with van der Waals surface area (Å²) in [6.45, 7) is 11.6. The Labute approximate surface area is 134 Å². The predicted octanol–water partition coefficient (Wildman–Crippen LogP) is 3.68. The largest absolute Gasteiger partial charge is 0.396 e. The van der Waals surface area contributed by atoms with Crippen LogP contribution in [0, 0.1) is 5.92 Å². The lowest BCUT2D eigenvalue weighted by molar-refractivity contribution is 0.288. The van der Waals surface area contributed by atoms with Crippen molar-refractivity contribution in [2.75, 3.05) is 24.6 Å². The number of hydrogen-bond acceptors (Lipinski definition) is 3. The first-order valence-corrected chi connectivity index (χ1v) is 8.20. The van der Waals surface area contributed by atoms with Gasteiger partial charge in [0.2, 0.25) is 0 Å². The molecule has 0 amide bonds. The summed E-state index contributed by atoms with van der Waals surface area (Å²) in [5, 5.41) is 13.2. The number of aliphatic hydroxyl groups is 1. The summed E-state index contributed by atoms with van der Waals surface area (Å²) < 4.78 is 0. The van der Waals surface area contributed by atoms with Crippen LogP contribution in [-0.2, 0) is 6.54 Å². The van der Waals surface area contributed by atoms with E-state index in [2.05, 4.69) is 50.0 Å². The lowest BCUT2D eigenvalue weighted by Gasteiger charge is -2.29. The molecule has 0 unspecified atom stereocenters. The predicted molar refractivity (Wildman–Crippen MR) is 92.2 cm³/mol. The number of nitrogens with zero attached hydrogens (tertiary/aromatic N) is 1. The molecule has 1 aromatic rings. The van der Waals surface area contributed by atoms with Gasteiger partial charge in [0.05, 0.1) is 0 Å². The van der Waals surface area contributed by atoms with E-state index >= 15 is 0 Å². The van der Waals surface area contributed by atoms with Crippen LogP contribution in [0.1, 0.15) is 39.7 Å². The van der Waals surface area contributed by atoms with Gasteiger partial charge in [-0.05, 0) is 50.4 Å². The fraction of sp³-hybridized carbons (Fsp3) is 0.647. The quantitative estimate of drug-likeness (QED) is 0.730. The third-order valence-corrected chi connectivity index (χ3v) is 3.77. The molecule has 1 rings (SSSR count). The summed E-state index contributed by atoms with van der Waals surface area (Å²) in [5.41, 5.74) is 2.25. The Bertz CT molecular complexity index is 421. The highest BCUT2D eigenvalue weighted by atomic mass is 35.5. The van der Waals surface area contributed by atoms with E-state index in [1.807, 2.05) is 6.07 Å². The van der Waals surface area contributed by atoms with Crippen LogP contribution < -0.4 is 10.2 Å². The maximum Gasteiger partial charge on any atom is 0.0471 e. The molecule has 0 fully saturated rings. The fourth-order valence-corrected chi connectivity index (χ4v) is 2.52. The van der Waals surface area contributed by atoms with Gasteiger partial charge in [-0.2, -0.15) is 0 Å². The topological polar surface area (TPSA) is 35.5 Å². The van der Waals surface area contributed by atoms with Crippen LogP contribution in [0.2, 0.25) is 5.02 Å². The molecule has 0 bridgehead atoms. The van der Waals surface area contributed by atoms with Gasteiger partial charge in [0.15, 0.2) is 0 Å². The molecule has 0 aliphatic heterocycles. The highest BCUT2D eigenvalue weighted by Crippen LogP contribution is 2.25. The Morgan fingerprint density at radius 2 is 1.95 bits per heavy atom. The van der Waals surface area contributed by atoms with Gasteiger partial charge in [-0.25, -0.2) is 0 Å². The standard InChI is InChI=1S/C17H29ClN2O/c1-13(2)11-19-12-15-6-7-16(10-17(15)18)20(14(3)4)8-5-9-21/h6-7,10,13-14,19,21H,5,8-9,11-12H2,1-4H3. The average Bonchev–Trinajstić information content (AvgIpc) is 2.40. The minimum absolute atomic E-state index is 0.216. The van der Waals surface area contributed by atoms with Crippen molar-refractivity contribution in [3.05, 3.63) is 28.8 Å². The molecule has 120 valence electrons. The number of anilines is 1. The molecule has 0 aromatic heterocycles. The van der Waals surface area contributed by atoms with Crippen molar-refractivity contribution in [1.82, 2.24) is 5.32 Å². The fourth-order valence-electron chi connectivity index (χ4n) is 2.28. The van der Waals surface area contributed by atoms with Crippen molar-refractivity contribution in [3.63, 3.8) is 0 Å². The summed E-state index contributed by atoms with van der Waals surface area (Å²) in [7, 11) is 0. The van der Waals surface area contributed by atoms with E-state index in [0.717, 1.165) is 42.3 Å². The van der Waals surface area contributed by atoms with Crippen molar-refractivity contribution in [3.8, 4) is 0 Å². The van der Waals surface area contributed by atoms with E-state index in [0.29, 0.717) is 12.0 Å². The zero-order valence-electron chi connectivity index (χ0n) is 13.7. The van der Waals surface area contributed by atoms with Gasteiger partial charge in [-0.1, -0.05) is 31.5 Å². The minimum Gasteiger partial charge on any atom is -0.396 e. The molecule has 4 heteroatoms. The van der Waals surface area contributed by atoms with Gasteiger partial charge in [0.1, 0.15) is 0 Å². The van der Waals surface area contributed by atoms with E-state index < -0.39 is 0 Å². The molecule has 0 spiro atoms. The van der Waals surface area contributed by atoms with Gasteiger partial charge in [0.25, 0.3) is 0 Å². The van der Waals surface area contributed by atoms with Gasteiger partial charge in [-0.3, -0.25) is 0 Å². The number of benzene rings is 1. The van der Waals surface area contributed by atoms with E-state index in [1.165, 1.54) is 0 Å². The van der Waals surface area contributed by atoms with Crippen LogP contribution in [0.4, 0.5) is 5.69 Å². The molecule has 3 nitrogen and oxygen atoms in total. The molecule has 0 saturated heterocycles. The van der Waals surface area contributed by atoms with Crippen LogP contribution >= 0.6 is 11.6 Å². The summed E-state index contributed by atoms with van der Waals surface area (Å²) in [5.74, 6) is 0.637. The SMILES string of the molecule is CC(C)CNCc1ccc(N(CCCO)C(C)C)cc1Cl.